The quantitative estimate of drug-likeness (QED) is 0.709. The first-order valence-corrected chi connectivity index (χ1v) is 9.12. The number of furan rings is 1. The standard InChI is InChI=1S/C20H25N5O3/c1-5-25-17-9-8-14(19(26)23(2)3)11-16(17)22-18(25)13-24(4)20(27)21-12-15-7-6-10-28-15/h6-11H,5,12-13H2,1-4H3,(H,21,27). The third-order valence-electron chi connectivity index (χ3n) is 4.52. The Balaban J connectivity index is 1.77. The first kappa shape index (κ1) is 19.5. The highest BCUT2D eigenvalue weighted by Crippen LogP contribution is 2.20. The van der Waals surface area contributed by atoms with E-state index in [1.165, 1.54) is 4.90 Å². The van der Waals surface area contributed by atoms with E-state index < -0.39 is 0 Å². The molecule has 0 unspecified atom stereocenters. The largest absolute Gasteiger partial charge is 0.467 e. The Bertz CT molecular complexity index is 975. The monoisotopic (exact) mass is 383 g/mol. The van der Waals surface area contributed by atoms with Gasteiger partial charge in [0.05, 0.1) is 30.4 Å². The molecule has 3 rings (SSSR count). The number of nitrogens with zero attached hydrogens (tertiary/aromatic N) is 4. The molecule has 0 saturated heterocycles. The molecule has 0 fully saturated rings. The van der Waals surface area contributed by atoms with E-state index in [1.807, 2.05) is 25.1 Å². The van der Waals surface area contributed by atoms with Crippen molar-refractivity contribution in [3.05, 3.63) is 53.7 Å². The van der Waals surface area contributed by atoms with Gasteiger partial charge < -0.3 is 24.1 Å². The van der Waals surface area contributed by atoms with E-state index in [-0.39, 0.29) is 11.9 Å². The molecular formula is C20H25N5O3. The fourth-order valence-electron chi connectivity index (χ4n) is 3.04. The van der Waals surface area contributed by atoms with Gasteiger partial charge in [-0.05, 0) is 37.3 Å². The second kappa shape index (κ2) is 8.16. The van der Waals surface area contributed by atoms with Gasteiger partial charge in [-0.3, -0.25) is 4.79 Å². The lowest BCUT2D eigenvalue weighted by Crippen LogP contribution is -2.37. The highest BCUT2D eigenvalue weighted by Gasteiger charge is 2.17. The van der Waals surface area contributed by atoms with Crippen molar-refractivity contribution in [2.75, 3.05) is 21.1 Å². The van der Waals surface area contributed by atoms with E-state index in [9.17, 15) is 9.59 Å². The number of nitrogens with one attached hydrogen (secondary N) is 1. The van der Waals surface area contributed by atoms with Crippen LogP contribution in [-0.2, 0) is 19.6 Å². The van der Waals surface area contributed by atoms with Crippen LogP contribution in [0.1, 0.15) is 28.9 Å². The van der Waals surface area contributed by atoms with Crippen molar-refractivity contribution in [3.8, 4) is 0 Å². The molecular weight excluding hydrogens is 358 g/mol. The van der Waals surface area contributed by atoms with Crippen molar-refractivity contribution in [1.82, 2.24) is 24.7 Å². The predicted molar refractivity (Wildman–Crippen MR) is 106 cm³/mol. The lowest BCUT2D eigenvalue weighted by Gasteiger charge is -2.18. The molecule has 28 heavy (non-hydrogen) atoms. The van der Waals surface area contributed by atoms with Crippen LogP contribution in [0.3, 0.4) is 0 Å². The topological polar surface area (TPSA) is 83.6 Å². The van der Waals surface area contributed by atoms with Crippen LogP contribution in [0.4, 0.5) is 4.79 Å². The maximum Gasteiger partial charge on any atom is 0.317 e. The summed E-state index contributed by atoms with van der Waals surface area (Å²) in [7, 11) is 5.16. The number of carbonyl (C=O) groups is 2. The number of imidazole rings is 1. The van der Waals surface area contributed by atoms with Crippen molar-refractivity contribution < 1.29 is 14.0 Å². The Morgan fingerprint density at radius 2 is 2.00 bits per heavy atom. The second-order valence-electron chi connectivity index (χ2n) is 6.77. The molecule has 0 aliphatic rings. The number of benzene rings is 1. The normalized spacial score (nSPS) is 10.9. The maximum absolute atomic E-state index is 12.4. The molecule has 0 aliphatic heterocycles. The van der Waals surface area contributed by atoms with Crippen molar-refractivity contribution in [2.45, 2.75) is 26.6 Å². The zero-order valence-corrected chi connectivity index (χ0v) is 16.6. The summed E-state index contributed by atoms with van der Waals surface area (Å²) in [6.45, 7) is 3.43. The Kier molecular flexibility index (Phi) is 5.67. The summed E-state index contributed by atoms with van der Waals surface area (Å²) >= 11 is 0. The third kappa shape index (κ3) is 4.00. The number of rotatable bonds is 6. The van der Waals surface area contributed by atoms with Crippen LogP contribution in [0.15, 0.2) is 41.0 Å². The lowest BCUT2D eigenvalue weighted by atomic mass is 10.2. The molecule has 0 bridgehead atoms. The highest BCUT2D eigenvalue weighted by atomic mass is 16.3. The van der Waals surface area contributed by atoms with E-state index in [2.05, 4.69) is 14.9 Å². The molecule has 1 aromatic carbocycles. The van der Waals surface area contributed by atoms with Crippen LogP contribution in [0, 0.1) is 0 Å². The molecule has 0 saturated carbocycles. The number of amides is 3. The van der Waals surface area contributed by atoms with E-state index in [0.29, 0.717) is 31.0 Å². The number of aryl methyl sites for hydroxylation is 1. The summed E-state index contributed by atoms with van der Waals surface area (Å²) in [6.07, 6.45) is 1.57. The van der Waals surface area contributed by atoms with Crippen molar-refractivity contribution in [3.63, 3.8) is 0 Å². The predicted octanol–water partition coefficient (Wildman–Crippen LogP) is 2.69. The SMILES string of the molecule is CCn1c(CN(C)C(=O)NCc2ccco2)nc2cc(C(=O)N(C)C)ccc21. The van der Waals surface area contributed by atoms with Gasteiger partial charge in [-0.25, -0.2) is 9.78 Å². The van der Waals surface area contributed by atoms with Gasteiger partial charge in [0.15, 0.2) is 0 Å². The van der Waals surface area contributed by atoms with Gasteiger partial charge in [-0.1, -0.05) is 0 Å². The van der Waals surface area contributed by atoms with Crippen LogP contribution < -0.4 is 5.32 Å². The zero-order chi connectivity index (χ0) is 20.3. The molecule has 1 N–H and O–H groups in total. The second-order valence-corrected chi connectivity index (χ2v) is 6.77. The lowest BCUT2D eigenvalue weighted by molar-refractivity contribution is 0.0827. The van der Waals surface area contributed by atoms with Gasteiger partial charge in [0.2, 0.25) is 0 Å². The van der Waals surface area contributed by atoms with Crippen LogP contribution >= 0.6 is 0 Å². The molecule has 3 aromatic rings. The van der Waals surface area contributed by atoms with Gasteiger partial charge in [0.25, 0.3) is 5.91 Å². The number of aromatic nitrogens is 2. The Morgan fingerprint density at radius 3 is 2.64 bits per heavy atom. The van der Waals surface area contributed by atoms with Crippen LogP contribution in [-0.4, -0.2) is 52.4 Å². The van der Waals surface area contributed by atoms with Gasteiger partial charge in [0, 0.05) is 33.3 Å². The fraction of sp³-hybridized carbons (Fsp3) is 0.350. The molecule has 0 aliphatic carbocycles. The Hall–Kier alpha value is -3.29. The summed E-state index contributed by atoms with van der Waals surface area (Å²) in [5.74, 6) is 1.40. The summed E-state index contributed by atoms with van der Waals surface area (Å²) in [5.41, 5.74) is 2.28. The van der Waals surface area contributed by atoms with E-state index in [0.717, 1.165) is 16.9 Å². The number of carbonyl (C=O) groups excluding carboxylic acids is 2. The molecule has 8 nitrogen and oxygen atoms in total. The van der Waals surface area contributed by atoms with Crippen LogP contribution in [0.2, 0.25) is 0 Å². The van der Waals surface area contributed by atoms with Crippen molar-refractivity contribution in [1.29, 1.82) is 0 Å². The molecule has 2 aromatic heterocycles. The van der Waals surface area contributed by atoms with Crippen molar-refractivity contribution >= 4 is 23.0 Å². The number of hydrogen-bond donors (Lipinski definition) is 1. The van der Waals surface area contributed by atoms with Crippen molar-refractivity contribution in [2.24, 2.45) is 0 Å². The molecule has 2 heterocycles. The number of urea groups is 1. The first-order chi connectivity index (χ1) is 13.4. The maximum atomic E-state index is 12.4. The summed E-state index contributed by atoms with van der Waals surface area (Å²) in [5, 5.41) is 2.82. The molecule has 0 atom stereocenters. The Morgan fingerprint density at radius 1 is 1.21 bits per heavy atom. The fourth-order valence-corrected chi connectivity index (χ4v) is 3.04. The average Bonchev–Trinajstić information content (AvgIpc) is 3.31. The van der Waals surface area contributed by atoms with Crippen LogP contribution in [0.25, 0.3) is 11.0 Å². The summed E-state index contributed by atoms with van der Waals surface area (Å²) in [6, 6.07) is 8.89. The van der Waals surface area contributed by atoms with Gasteiger partial charge in [-0.2, -0.15) is 0 Å². The van der Waals surface area contributed by atoms with E-state index >= 15 is 0 Å². The summed E-state index contributed by atoms with van der Waals surface area (Å²) < 4.78 is 7.28. The first-order valence-electron chi connectivity index (χ1n) is 9.12. The minimum absolute atomic E-state index is 0.0658. The zero-order valence-electron chi connectivity index (χ0n) is 16.6. The molecule has 148 valence electrons. The highest BCUT2D eigenvalue weighted by molar-refractivity contribution is 5.97. The average molecular weight is 383 g/mol. The smallest absolute Gasteiger partial charge is 0.317 e. The minimum Gasteiger partial charge on any atom is -0.467 e. The van der Waals surface area contributed by atoms with Gasteiger partial charge >= 0.3 is 6.03 Å². The minimum atomic E-state index is -0.213. The summed E-state index contributed by atoms with van der Waals surface area (Å²) in [4.78, 5) is 32.3. The Labute approximate surface area is 163 Å². The molecule has 3 amide bonds. The number of fused-ring (bicyclic) bond motifs is 1. The van der Waals surface area contributed by atoms with Gasteiger partial charge in [0.1, 0.15) is 11.6 Å². The van der Waals surface area contributed by atoms with E-state index in [4.69, 9.17) is 4.42 Å². The number of hydrogen-bond acceptors (Lipinski definition) is 4. The van der Waals surface area contributed by atoms with E-state index in [1.54, 1.807) is 44.4 Å². The molecule has 0 radical (unpaired) electrons. The molecule has 8 heteroatoms. The molecule has 0 spiro atoms. The third-order valence-corrected chi connectivity index (χ3v) is 4.52. The van der Waals surface area contributed by atoms with Crippen LogP contribution in [0.5, 0.6) is 0 Å². The van der Waals surface area contributed by atoms with Gasteiger partial charge in [-0.15, -0.1) is 0 Å².